The highest BCUT2D eigenvalue weighted by Gasteiger charge is 2.26. The summed E-state index contributed by atoms with van der Waals surface area (Å²) in [5.41, 5.74) is 2.06. The van der Waals surface area contributed by atoms with Crippen molar-refractivity contribution in [1.82, 2.24) is 5.32 Å². The third-order valence-corrected chi connectivity index (χ3v) is 5.86. The van der Waals surface area contributed by atoms with Crippen LogP contribution in [0.3, 0.4) is 0 Å². The van der Waals surface area contributed by atoms with E-state index in [9.17, 15) is 9.90 Å². The Morgan fingerprint density at radius 2 is 2.03 bits per heavy atom. The standard InChI is InChI=1S/C25H30ClN5O3/c1-16-10-23(33)30-31-24(16)17-5-8-20(9-6-17)28-15-25(2,3)29-13-21(32)14-34-22-11-19(26)7-4-18(22)12-27/h4-9,11,16,21,24,28-29,32H,10,13-15H2,1-3H3/t16-,21-,24-/m1/s1. The summed E-state index contributed by atoms with van der Waals surface area (Å²) in [5.74, 6) is 0.326. The number of halogens is 1. The van der Waals surface area contributed by atoms with Gasteiger partial charge >= 0.3 is 0 Å². The quantitative estimate of drug-likeness (QED) is 0.458. The minimum Gasteiger partial charge on any atom is -0.489 e. The molecule has 1 heterocycles. The van der Waals surface area contributed by atoms with E-state index >= 15 is 0 Å². The molecule has 2 aromatic rings. The maximum Gasteiger partial charge on any atom is 0.264 e. The minimum absolute atomic E-state index is 0.0372. The van der Waals surface area contributed by atoms with Crippen LogP contribution in [0.1, 0.15) is 44.4 Å². The average Bonchev–Trinajstić information content (AvgIpc) is 2.81. The summed E-state index contributed by atoms with van der Waals surface area (Å²) in [6.07, 6.45) is -0.341. The zero-order valence-electron chi connectivity index (χ0n) is 19.6. The molecule has 3 N–H and O–H groups in total. The highest BCUT2D eigenvalue weighted by atomic mass is 35.5. The summed E-state index contributed by atoms with van der Waals surface area (Å²) in [4.78, 5) is 11.4. The first-order valence-electron chi connectivity index (χ1n) is 11.2. The number of anilines is 1. The zero-order chi connectivity index (χ0) is 24.7. The number of rotatable bonds is 10. The van der Waals surface area contributed by atoms with Crippen molar-refractivity contribution in [3.63, 3.8) is 0 Å². The fourth-order valence-corrected chi connectivity index (χ4v) is 3.76. The molecule has 0 bridgehead atoms. The molecule has 0 fully saturated rings. The molecule has 1 amide bonds. The number of hydrogen-bond acceptors (Lipinski definition) is 7. The van der Waals surface area contributed by atoms with Gasteiger partial charge in [-0.3, -0.25) is 4.79 Å². The molecule has 8 nitrogen and oxygen atoms in total. The number of nitrogens with one attached hydrogen (secondary N) is 2. The topological polar surface area (TPSA) is 119 Å². The number of azo groups is 1. The predicted molar refractivity (Wildman–Crippen MR) is 131 cm³/mol. The number of hydrogen-bond donors (Lipinski definition) is 3. The van der Waals surface area contributed by atoms with Crippen molar-refractivity contribution in [2.75, 3.05) is 25.0 Å². The molecule has 0 aliphatic carbocycles. The number of aliphatic hydroxyl groups excluding tert-OH is 1. The smallest absolute Gasteiger partial charge is 0.264 e. The third-order valence-electron chi connectivity index (χ3n) is 5.63. The number of aliphatic hydroxyl groups is 1. The van der Waals surface area contributed by atoms with Gasteiger partial charge in [0.2, 0.25) is 0 Å². The molecular weight excluding hydrogens is 454 g/mol. The van der Waals surface area contributed by atoms with E-state index in [4.69, 9.17) is 21.6 Å². The molecule has 1 aliphatic rings. The summed E-state index contributed by atoms with van der Waals surface area (Å²) in [5, 5.41) is 34.6. The van der Waals surface area contributed by atoms with Crippen molar-refractivity contribution in [1.29, 1.82) is 5.26 Å². The van der Waals surface area contributed by atoms with Crippen LogP contribution in [0, 0.1) is 17.2 Å². The Hall–Kier alpha value is -2.99. The zero-order valence-corrected chi connectivity index (χ0v) is 20.3. The van der Waals surface area contributed by atoms with E-state index in [1.165, 1.54) is 0 Å². The maximum atomic E-state index is 11.4. The molecule has 34 heavy (non-hydrogen) atoms. The number of ether oxygens (including phenoxy) is 1. The lowest BCUT2D eigenvalue weighted by atomic mass is 9.91. The third kappa shape index (κ3) is 7.26. The van der Waals surface area contributed by atoms with Gasteiger partial charge in [-0.2, -0.15) is 10.4 Å². The van der Waals surface area contributed by atoms with Crippen LogP contribution in [0.5, 0.6) is 5.75 Å². The molecule has 0 unspecified atom stereocenters. The van der Waals surface area contributed by atoms with Crippen molar-refractivity contribution in [3.8, 4) is 11.8 Å². The highest BCUT2D eigenvalue weighted by molar-refractivity contribution is 6.30. The van der Waals surface area contributed by atoms with E-state index < -0.39 is 6.10 Å². The molecule has 0 aromatic heterocycles. The molecule has 9 heteroatoms. The molecular formula is C25H30ClN5O3. The van der Waals surface area contributed by atoms with Gasteiger partial charge in [0.05, 0.1) is 11.6 Å². The first-order valence-corrected chi connectivity index (χ1v) is 11.6. The van der Waals surface area contributed by atoms with E-state index in [1.54, 1.807) is 18.2 Å². The van der Waals surface area contributed by atoms with Crippen LogP contribution < -0.4 is 15.4 Å². The Morgan fingerprint density at radius 3 is 2.71 bits per heavy atom. The molecule has 0 spiro atoms. The van der Waals surface area contributed by atoms with Crippen LogP contribution in [0.4, 0.5) is 5.69 Å². The van der Waals surface area contributed by atoms with Gasteiger partial charge in [0.1, 0.15) is 24.5 Å². The van der Waals surface area contributed by atoms with Crippen molar-refractivity contribution >= 4 is 23.2 Å². The number of carbonyl (C=O) groups is 1. The van der Waals surface area contributed by atoms with E-state index in [-0.39, 0.29) is 30.0 Å². The number of β-amino-alcohol motifs (C(OH)–C–C–N with tert-alkyl or cyclic N) is 1. The summed E-state index contributed by atoms with van der Waals surface area (Å²) in [6, 6.07) is 14.7. The molecule has 1 aliphatic heterocycles. The second kappa shape index (κ2) is 11.4. The predicted octanol–water partition coefficient (Wildman–Crippen LogP) is 4.49. The lowest BCUT2D eigenvalue weighted by molar-refractivity contribution is -0.120. The minimum atomic E-state index is -0.761. The lowest BCUT2D eigenvalue weighted by Crippen LogP contribution is -2.49. The van der Waals surface area contributed by atoms with Crippen LogP contribution in [0.25, 0.3) is 0 Å². The van der Waals surface area contributed by atoms with Crippen LogP contribution in [-0.4, -0.2) is 42.4 Å². The van der Waals surface area contributed by atoms with E-state index in [2.05, 4.69) is 20.9 Å². The van der Waals surface area contributed by atoms with Gasteiger partial charge in [-0.05, 0) is 49.6 Å². The number of carbonyl (C=O) groups excluding carboxylic acids is 1. The van der Waals surface area contributed by atoms with Crippen molar-refractivity contribution < 1.29 is 14.6 Å². The van der Waals surface area contributed by atoms with Gasteiger partial charge in [0, 0.05) is 41.8 Å². The molecule has 2 aromatic carbocycles. The number of amides is 1. The van der Waals surface area contributed by atoms with Gasteiger partial charge in [0.15, 0.2) is 0 Å². The van der Waals surface area contributed by atoms with Crippen molar-refractivity contribution in [2.45, 2.75) is 44.9 Å². The summed E-state index contributed by atoms with van der Waals surface area (Å²) in [6.45, 7) is 7.06. The Morgan fingerprint density at radius 1 is 1.29 bits per heavy atom. The molecule has 3 atom stereocenters. The average molecular weight is 484 g/mol. The normalized spacial score (nSPS) is 18.9. The molecule has 0 saturated heterocycles. The summed E-state index contributed by atoms with van der Waals surface area (Å²) >= 11 is 5.96. The Balaban J connectivity index is 1.45. The van der Waals surface area contributed by atoms with E-state index in [0.717, 1.165) is 11.3 Å². The lowest BCUT2D eigenvalue weighted by Gasteiger charge is -2.29. The highest BCUT2D eigenvalue weighted by Crippen LogP contribution is 2.32. The SMILES string of the molecule is C[C@@H]1CC(=O)N=N[C@H]1c1ccc(NCC(C)(C)NC[C@@H](O)COc2cc(Cl)ccc2C#N)cc1. The summed E-state index contributed by atoms with van der Waals surface area (Å²) in [7, 11) is 0. The van der Waals surface area contributed by atoms with Crippen LogP contribution >= 0.6 is 11.6 Å². The Bertz CT molecular complexity index is 1070. The monoisotopic (exact) mass is 483 g/mol. The van der Waals surface area contributed by atoms with Crippen LogP contribution in [0.2, 0.25) is 5.02 Å². The Kier molecular flexibility index (Phi) is 8.61. The molecule has 0 radical (unpaired) electrons. The van der Waals surface area contributed by atoms with Crippen molar-refractivity contribution in [3.05, 3.63) is 58.6 Å². The number of nitriles is 1. The van der Waals surface area contributed by atoms with Gasteiger partial charge < -0.3 is 20.5 Å². The largest absolute Gasteiger partial charge is 0.489 e. The fraction of sp³-hybridized carbons (Fsp3) is 0.440. The molecule has 0 saturated carbocycles. The first-order chi connectivity index (χ1) is 16.2. The van der Waals surface area contributed by atoms with Gasteiger partial charge in [-0.25, -0.2) is 0 Å². The van der Waals surface area contributed by atoms with Crippen molar-refractivity contribution in [2.24, 2.45) is 16.1 Å². The number of nitrogens with zero attached hydrogens (tertiary/aromatic N) is 3. The Labute approximate surface area is 205 Å². The fourth-order valence-electron chi connectivity index (χ4n) is 3.59. The molecule has 3 rings (SSSR count). The summed E-state index contributed by atoms with van der Waals surface area (Å²) < 4.78 is 5.59. The van der Waals surface area contributed by atoms with Gasteiger partial charge in [0.25, 0.3) is 5.91 Å². The van der Waals surface area contributed by atoms with Crippen LogP contribution in [0.15, 0.2) is 52.7 Å². The maximum absolute atomic E-state index is 11.4. The number of benzene rings is 2. The van der Waals surface area contributed by atoms with Gasteiger partial charge in [-0.15, -0.1) is 5.11 Å². The second-order valence-corrected chi connectivity index (χ2v) is 9.63. The molecule has 180 valence electrons. The second-order valence-electron chi connectivity index (χ2n) is 9.19. The van der Waals surface area contributed by atoms with E-state index in [1.807, 2.05) is 51.1 Å². The first kappa shape index (κ1) is 25.6. The van der Waals surface area contributed by atoms with Gasteiger partial charge in [-0.1, -0.05) is 30.7 Å². The van der Waals surface area contributed by atoms with E-state index in [0.29, 0.717) is 35.8 Å². The van der Waals surface area contributed by atoms with Crippen LogP contribution in [-0.2, 0) is 4.79 Å².